The minimum atomic E-state index is -0.795. The molecule has 228 valence electrons. The molecule has 1 aliphatic heterocycles. The first kappa shape index (κ1) is 32.3. The second-order valence-corrected chi connectivity index (χ2v) is 13.0. The Kier molecular flexibility index (Phi) is 10.5. The van der Waals surface area contributed by atoms with Gasteiger partial charge >= 0.3 is 5.97 Å². The number of ether oxygens (including phenoxy) is 4. The van der Waals surface area contributed by atoms with E-state index in [1.54, 1.807) is 18.2 Å². The van der Waals surface area contributed by atoms with Crippen LogP contribution in [0.2, 0.25) is 5.02 Å². The average molecular weight is 810 g/mol. The number of methoxy groups -OCH3 is 1. The number of rotatable bonds is 10. The first-order chi connectivity index (χ1) is 21.2. The van der Waals surface area contributed by atoms with Gasteiger partial charge in [0, 0.05) is 21.3 Å². The molecule has 0 saturated heterocycles. The topological polar surface area (TPSA) is 88.4 Å². The number of aromatic nitrogens is 1. The van der Waals surface area contributed by atoms with Crippen LogP contribution in [-0.4, -0.2) is 30.9 Å². The van der Waals surface area contributed by atoms with E-state index in [0.29, 0.717) is 62.6 Å². The fourth-order valence-electron chi connectivity index (χ4n) is 4.75. The summed E-state index contributed by atoms with van der Waals surface area (Å²) in [5, 5.41) is 0.625. The Morgan fingerprint density at radius 1 is 1.09 bits per heavy atom. The van der Waals surface area contributed by atoms with Crippen LogP contribution in [0.3, 0.4) is 0 Å². The molecule has 0 amide bonds. The maximum absolute atomic E-state index is 14.1. The van der Waals surface area contributed by atoms with Crippen molar-refractivity contribution in [2.24, 2.45) is 4.99 Å². The highest BCUT2D eigenvalue weighted by Gasteiger charge is 2.31. The minimum Gasteiger partial charge on any atom is -0.490 e. The van der Waals surface area contributed by atoms with Crippen molar-refractivity contribution in [1.29, 1.82) is 0 Å². The number of halogens is 3. The van der Waals surface area contributed by atoms with E-state index in [0.717, 1.165) is 13.6 Å². The van der Waals surface area contributed by atoms with Crippen molar-refractivity contribution in [3.8, 4) is 17.2 Å². The van der Waals surface area contributed by atoms with Crippen molar-refractivity contribution in [2.75, 3.05) is 20.3 Å². The zero-order chi connectivity index (χ0) is 31.4. The number of thiazole rings is 1. The lowest BCUT2D eigenvalue weighted by Crippen LogP contribution is -2.39. The van der Waals surface area contributed by atoms with Crippen molar-refractivity contribution in [3.05, 3.63) is 116 Å². The molecule has 0 N–H and O–H groups in total. The molecule has 1 atom stereocenters. The van der Waals surface area contributed by atoms with Crippen molar-refractivity contribution in [1.82, 2.24) is 4.57 Å². The van der Waals surface area contributed by atoms with Crippen LogP contribution in [-0.2, 0) is 16.1 Å². The van der Waals surface area contributed by atoms with Gasteiger partial charge in [-0.25, -0.2) is 9.79 Å². The van der Waals surface area contributed by atoms with Gasteiger partial charge in [-0.15, -0.1) is 0 Å². The quantitative estimate of drug-likeness (QED) is 0.136. The maximum Gasteiger partial charge on any atom is 0.337 e. The first-order valence-electron chi connectivity index (χ1n) is 13.6. The molecule has 1 aliphatic rings. The average Bonchev–Trinajstić information content (AvgIpc) is 3.31. The molecule has 8 nitrogen and oxygen atoms in total. The Morgan fingerprint density at radius 2 is 1.86 bits per heavy atom. The van der Waals surface area contributed by atoms with Gasteiger partial charge in [-0.1, -0.05) is 57.1 Å². The largest absolute Gasteiger partial charge is 0.490 e. The highest BCUT2D eigenvalue weighted by molar-refractivity contribution is 14.1. The van der Waals surface area contributed by atoms with E-state index in [2.05, 4.69) is 43.5 Å². The summed E-state index contributed by atoms with van der Waals surface area (Å²) in [6.07, 6.45) is 3.25. The number of carbonyl (C=O) groups excluding carboxylic acids is 1. The van der Waals surface area contributed by atoms with Gasteiger partial charge in [0.25, 0.3) is 5.56 Å². The van der Waals surface area contributed by atoms with E-state index < -0.39 is 12.0 Å². The standard InChI is InChI=1S/C32H27BrClIN2O6S/c1-4-41-25-10-9-19(13-26(25)42-5-2)28-23(31(39)40-3)16-36-32-37(28)30(38)27(44-32)14-20-12-21(33)15-24(35)29(20)43-17-18-7-6-8-22(34)11-18/h6-16,28H,4-5,17H2,1-3H3/b27-14+/t28-/m1/s1. The van der Waals surface area contributed by atoms with E-state index in [4.69, 9.17) is 30.5 Å². The van der Waals surface area contributed by atoms with Gasteiger partial charge in [-0.3, -0.25) is 9.36 Å². The summed E-state index contributed by atoms with van der Waals surface area (Å²) in [5.41, 5.74) is 2.19. The number of benzene rings is 3. The first-order valence-corrected chi connectivity index (χ1v) is 16.7. The summed E-state index contributed by atoms with van der Waals surface area (Å²) in [4.78, 5) is 32.0. The van der Waals surface area contributed by atoms with Gasteiger partial charge in [0.1, 0.15) is 12.4 Å². The maximum atomic E-state index is 14.1. The van der Waals surface area contributed by atoms with Crippen molar-refractivity contribution < 1.29 is 23.7 Å². The molecular weight excluding hydrogens is 783 g/mol. The molecule has 0 saturated carbocycles. The summed E-state index contributed by atoms with van der Waals surface area (Å²) in [7, 11) is 1.30. The molecule has 5 rings (SSSR count). The van der Waals surface area contributed by atoms with Crippen LogP contribution in [0.5, 0.6) is 17.2 Å². The van der Waals surface area contributed by atoms with Gasteiger partial charge in [0.15, 0.2) is 16.3 Å². The van der Waals surface area contributed by atoms with Crippen molar-refractivity contribution in [3.63, 3.8) is 0 Å². The highest BCUT2D eigenvalue weighted by Crippen LogP contribution is 2.35. The van der Waals surface area contributed by atoms with Gasteiger partial charge in [-0.05, 0) is 90.0 Å². The van der Waals surface area contributed by atoms with Gasteiger partial charge in [0.05, 0.1) is 40.0 Å². The molecule has 4 aromatic rings. The number of esters is 1. The molecule has 0 fully saturated rings. The molecule has 0 unspecified atom stereocenters. The smallest absolute Gasteiger partial charge is 0.337 e. The number of nitrogens with zero attached hydrogens (tertiary/aromatic N) is 2. The van der Waals surface area contributed by atoms with E-state index >= 15 is 0 Å². The van der Waals surface area contributed by atoms with E-state index in [1.807, 2.05) is 56.3 Å². The fourth-order valence-corrected chi connectivity index (χ4v) is 7.63. The second kappa shape index (κ2) is 14.3. The summed E-state index contributed by atoms with van der Waals surface area (Å²) in [6, 6.07) is 15.9. The van der Waals surface area contributed by atoms with Crippen LogP contribution in [0, 0.1) is 3.57 Å². The molecular formula is C32H27BrClIN2O6S. The van der Waals surface area contributed by atoms with E-state index in [-0.39, 0.29) is 11.1 Å². The Bertz CT molecular complexity index is 1940. The Morgan fingerprint density at radius 3 is 2.59 bits per heavy atom. The molecule has 12 heteroatoms. The van der Waals surface area contributed by atoms with E-state index in [9.17, 15) is 9.59 Å². The molecule has 0 bridgehead atoms. The Hall–Kier alpha value is -3.13. The Labute approximate surface area is 284 Å². The molecule has 44 heavy (non-hydrogen) atoms. The lowest BCUT2D eigenvalue weighted by molar-refractivity contribution is -0.136. The lowest BCUT2D eigenvalue weighted by Gasteiger charge is -2.23. The second-order valence-electron chi connectivity index (χ2n) is 9.47. The third-order valence-electron chi connectivity index (χ3n) is 6.60. The third-order valence-corrected chi connectivity index (χ3v) is 9.10. The molecule has 0 spiro atoms. The predicted molar refractivity (Wildman–Crippen MR) is 183 cm³/mol. The molecule has 1 aromatic heterocycles. The van der Waals surface area contributed by atoms with Crippen LogP contribution < -0.4 is 29.1 Å². The number of hydrogen-bond acceptors (Lipinski definition) is 8. The summed E-state index contributed by atoms with van der Waals surface area (Å²) < 4.78 is 26.5. The Balaban J connectivity index is 1.63. The van der Waals surface area contributed by atoms with Crippen LogP contribution in [0.15, 0.2) is 80.6 Å². The summed E-state index contributed by atoms with van der Waals surface area (Å²) >= 11 is 13.2. The monoisotopic (exact) mass is 808 g/mol. The van der Waals surface area contributed by atoms with Gasteiger partial charge < -0.3 is 18.9 Å². The van der Waals surface area contributed by atoms with Gasteiger partial charge in [0.2, 0.25) is 0 Å². The lowest BCUT2D eigenvalue weighted by atomic mass is 9.97. The zero-order valence-corrected chi connectivity index (χ0v) is 29.3. The van der Waals surface area contributed by atoms with Crippen molar-refractivity contribution >= 4 is 73.5 Å². The van der Waals surface area contributed by atoms with Crippen LogP contribution in [0.1, 0.15) is 36.6 Å². The molecule has 0 aliphatic carbocycles. The number of carbonyl (C=O) groups is 1. The predicted octanol–water partition coefficient (Wildman–Crippen LogP) is 6.42. The number of hydrogen-bond donors (Lipinski definition) is 0. The molecule has 0 radical (unpaired) electrons. The van der Waals surface area contributed by atoms with Crippen LogP contribution in [0.25, 0.3) is 6.08 Å². The van der Waals surface area contributed by atoms with Crippen LogP contribution in [0.4, 0.5) is 0 Å². The zero-order valence-electron chi connectivity index (χ0n) is 23.9. The molecule has 3 aromatic carbocycles. The SMILES string of the molecule is CCOc1ccc([C@@H]2C(C(=O)OC)=CN=c3s/c(=C/c4cc(Br)cc(I)c4OCc4cccc(Cl)c4)c(=O)n32)cc1OCC. The third kappa shape index (κ3) is 6.90. The van der Waals surface area contributed by atoms with Crippen molar-refractivity contribution in [2.45, 2.75) is 26.5 Å². The summed E-state index contributed by atoms with van der Waals surface area (Å²) in [5.74, 6) is 1.13. The van der Waals surface area contributed by atoms with E-state index in [1.165, 1.54) is 29.2 Å². The van der Waals surface area contributed by atoms with Crippen LogP contribution >= 0.6 is 61.5 Å². The normalized spacial score (nSPS) is 14.4. The fraction of sp³-hybridized carbons (Fsp3) is 0.219. The molecule has 2 heterocycles. The summed E-state index contributed by atoms with van der Waals surface area (Å²) in [6.45, 7) is 4.94. The number of fused-ring (bicyclic) bond motifs is 1. The van der Waals surface area contributed by atoms with Gasteiger partial charge in [-0.2, -0.15) is 0 Å². The highest BCUT2D eigenvalue weighted by atomic mass is 127. The minimum absolute atomic E-state index is 0.223.